The number of carbonyl (C=O) groups excluding carboxylic acids is 1. The van der Waals surface area contributed by atoms with Gasteiger partial charge in [-0.2, -0.15) is 0 Å². The van der Waals surface area contributed by atoms with Crippen molar-refractivity contribution in [1.82, 2.24) is 9.88 Å². The molecular weight excluding hydrogens is 314 g/mol. The zero-order valence-electron chi connectivity index (χ0n) is 14.0. The van der Waals surface area contributed by atoms with Crippen molar-refractivity contribution in [3.8, 4) is 0 Å². The van der Waals surface area contributed by atoms with Crippen LogP contribution in [0.15, 0.2) is 29.1 Å². The zero-order valence-corrected chi connectivity index (χ0v) is 14.8. The van der Waals surface area contributed by atoms with Crippen LogP contribution in [0.5, 0.6) is 0 Å². The van der Waals surface area contributed by atoms with Crippen molar-refractivity contribution in [2.45, 2.75) is 20.8 Å². The lowest BCUT2D eigenvalue weighted by molar-refractivity contribution is 0.0738. The van der Waals surface area contributed by atoms with Crippen molar-refractivity contribution in [3.05, 3.63) is 45.7 Å². The van der Waals surface area contributed by atoms with Gasteiger partial charge in [0.1, 0.15) is 5.56 Å². The van der Waals surface area contributed by atoms with Crippen LogP contribution in [0, 0.1) is 12.3 Å². The van der Waals surface area contributed by atoms with Gasteiger partial charge in [-0.25, -0.2) is 0 Å². The van der Waals surface area contributed by atoms with E-state index in [2.05, 4.69) is 4.98 Å². The third-order valence-electron chi connectivity index (χ3n) is 3.96. The van der Waals surface area contributed by atoms with Crippen LogP contribution >= 0.6 is 12.4 Å². The number of rotatable bonds is 4. The predicted molar refractivity (Wildman–Crippen MR) is 96.3 cm³/mol. The van der Waals surface area contributed by atoms with E-state index in [1.54, 1.807) is 11.9 Å². The van der Waals surface area contributed by atoms with Crippen LogP contribution in [0.3, 0.4) is 0 Å². The molecule has 0 fully saturated rings. The molecule has 0 saturated heterocycles. The monoisotopic (exact) mass is 337 g/mol. The molecule has 0 bridgehead atoms. The summed E-state index contributed by atoms with van der Waals surface area (Å²) in [6.45, 7) is 6.76. The number of pyridine rings is 1. The summed E-state index contributed by atoms with van der Waals surface area (Å²) in [6.07, 6.45) is 0. The summed E-state index contributed by atoms with van der Waals surface area (Å²) in [5, 5.41) is 0.886. The summed E-state index contributed by atoms with van der Waals surface area (Å²) >= 11 is 0. The Bertz CT molecular complexity index is 768. The maximum atomic E-state index is 12.7. The number of para-hydroxylation sites is 1. The molecule has 0 aliphatic heterocycles. The van der Waals surface area contributed by atoms with Crippen LogP contribution in [0.2, 0.25) is 0 Å². The number of aromatic nitrogens is 1. The van der Waals surface area contributed by atoms with E-state index >= 15 is 0 Å². The van der Waals surface area contributed by atoms with Crippen LogP contribution < -0.4 is 11.3 Å². The molecule has 6 heteroatoms. The fourth-order valence-electron chi connectivity index (χ4n) is 2.64. The molecule has 2 aromatic rings. The van der Waals surface area contributed by atoms with Gasteiger partial charge in [-0.15, -0.1) is 12.4 Å². The number of nitrogens with two attached hydrogens (primary N) is 1. The van der Waals surface area contributed by atoms with Crippen LogP contribution in [-0.4, -0.2) is 35.9 Å². The molecular formula is C17H24ClN3O2. The highest BCUT2D eigenvalue weighted by Gasteiger charge is 2.25. The molecule has 0 unspecified atom stereocenters. The molecule has 5 nitrogen and oxygen atoms in total. The van der Waals surface area contributed by atoms with Gasteiger partial charge in [0.05, 0.1) is 0 Å². The summed E-state index contributed by atoms with van der Waals surface area (Å²) in [5.74, 6) is -0.272. The molecule has 1 heterocycles. The molecule has 0 radical (unpaired) electrons. The average Bonchev–Trinajstić information content (AvgIpc) is 2.46. The number of nitrogens with zero attached hydrogens (tertiary/aromatic N) is 1. The molecule has 1 amide bonds. The van der Waals surface area contributed by atoms with E-state index in [-0.39, 0.29) is 34.9 Å². The maximum absolute atomic E-state index is 12.7. The smallest absolute Gasteiger partial charge is 0.261 e. The van der Waals surface area contributed by atoms with E-state index in [9.17, 15) is 9.59 Å². The molecule has 126 valence electrons. The second-order valence-electron chi connectivity index (χ2n) is 6.53. The van der Waals surface area contributed by atoms with Crippen molar-refractivity contribution < 1.29 is 4.79 Å². The van der Waals surface area contributed by atoms with E-state index in [0.717, 1.165) is 10.9 Å². The summed E-state index contributed by atoms with van der Waals surface area (Å²) in [7, 11) is 1.70. The largest absolute Gasteiger partial charge is 0.341 e. The summed E-state index contributed by atoms with van der Waals surface area (Å²) < 4.78 is 0. The topological polar surface area (TPSA) is 79.2 Å². The van der Waals surface area contributed by atoms with Gasteiger partial charge < -0.3 is 15.6 Å². The Hall–Kier alpha value is -1.85. The van der Waals surface area contributed by atoms with E-state index in [0.29, 0.717) is 18.7 Å². The van der Waals surface area contributed by atoms with E-state index < -0.39 is 0 Å². The van der Waals surface area contributed by atoms with E-state index in [4.69, 9.17) is 5.73 Å². The first-order chi connectivity index (χ1) is 10.3. The lowest BCUT2D eigenvalue weighted by Gasteiger charge is -2.29. The van der Waals surface area contributed by atoms with Crippen LogP contribution in [0.4, 0.5) is 0 Å². The van der Waals surface area contributed by atoms with Crippen LogP contribution in [0.25, 0.3) is 10.9 Å². The number of H-pyrrole nitrogens is 1. The number of carbonyl (C=O) groups is 1. The number of hydrogen-bond acceptors (Lipinski definition) is 3. The molecule has 1 aromatic carbocycles. The molecule has 0 aliphatic rings. The zero-order chi connectivity index (χ0) is 16.5. The predicted octanol–water partition coefficient (Wildman–Crippen LogP) is 2.32. The fourth-order valence-corrected chi connectivity index (χ4v) is 2.64. The van der Waals surface area contributed by atoms with Gasteiger partial charge in [0.15, 0.2) is 0 Å². The van der Waals surface area contributed by atoms with Crippen LogP contribution in [-0.2, 0) is 0 Å². The normalized spacial score (nSPS) is 11.2. The Morgan fingerprint density at radius 3 is 2.52 bits per heavy atom. The molecule has 23 heavy (non-hydrogen) atoms. The van der Waals surface area contributed by atoms with Gasteiger partial charge in [-0.3, -0.25) is 9.59 Å². The van der Waals surface area contributed by atoms with Gasteiger partial charge in [0, 0.05) is 24.5 Å². The van der Waals surface area contributed by atoms with Gasteiger partial charge in [0.25, 0.3) is 11.5 Å². The first kappa shape index (κ1) is 19.2. The van der Waals surface area contributed by atoms with Gasteiger partial charge >= 0.3 is 0 Å². The Labute approximate surface area is 142 Å². The Morgan fingerprint density at radius 2 is 1.91 bits per heavy atom. The molecule has 0 saturated carbocycles. The number of fused-ring (bicyclic) bond motifs is 1. The Kier molecular flexibility index (Phi) is 5.97. The molecule has 1 aromatic heterocycles. The van der Waals surface area contributed by atoms with Gasteiger partial charge in [-0.05, 0) is 30.5 Å². The fraction of sp³-hybridized carbons (Fsp3) is 0.412. The van der Waals surface area contributed by atoms with Gasteiger partial charge in [-0.1, -0.05) is 32.0 Å². The molecule has 2 rings (SSSR count). The molecule has 0 atom stereocenters. The summed E-state index contributed by atoms with van der Waals surface area (Å²) in [5.41, 5.74) is 6.84. The van der Waals surface area contributed by atoms with E-state index in [1.807, 2.05) is 45.0 Å². The summed E-state index contributed by atoms with van der Waals surface area (Å²) in [6, 6.07) is 7.48. The number of hydrogen-bond donors (Lipinski definition) is 2. The number of aromatic amines is 1. The highest BCUT2D eigenvalue weighted by Crippen LogP contribution is 2.20. The number of halogens is 1. The molecule has 0 spiro atoms. The Balaban J connectivity index is 0.00000264. The second-order valence-corrected chi connectivity index (χ2v) is 6.53. The van der Waals surface area contributed by atoms with Gasteiger partial charge in [0.2, 0.25) is 0 Å². The molecule has 0 aliphatic carbocycles. The quantitative estimate of drug-likeness (QED) is 0.898. The third-order valence-corrected chi connectivity index (χ3v) is 3.96. The average molecular weight is 338 g/mol. The number of aryl methyl sites for hydroxylation is 1. The van der Waals surface area contributed by atoms with Crippen molar-refractivity contribution in [2.24, 2.45) is 11.1 Å². The highest BCUT2D eigenvalue weighted by atomic mass is 35.5. The first-order valence-electron chi connectivity index (χ1n) is 7.34. The van der Waals surface area contributed by atoms with Crippen molar-refractivity contribution in [3.63, 3.8) is 0 Å². The minimum Gasteiger partial charge on any atom is -0.341 e. The summed E-state index contributed by atoms with van der Waals surface area (Å²) in [4.78, 5) is 29.3. The third kappa shape index (κ3) is 3.92. The van der Waals surface area contributed by atoms with E-state index in [1.165, 1.54) is 0 Å². The first-order valence-corrected chi connectivity index (χ1v) is 7.34. The number of benzene rings is 1. The standard InChI is InChI=1S/C17H23N3O2.ClH/c1-11-12-7-5-6-8-13(12)19-15(21)14(11)16(22)20(4)10-17(2,3)9-18;/h5-8H,9-10,18H2,1-4H3,(H,19,21);1H. The van der Waals surface area contributed by atoms with Crippen LogP contribution in [0.1, 0.15) is 29.8 Å². The lowest BCUT2D eigenvalue weighted by atomic mass is 9.93. The molecule has 3 N–H and O–H groups in total. The second kappa shape index (κ2) is 7.15. The highest BCUT2D eigenvalue weighted by molar-refractivity contribution is 5.99. The number of nitrogens with one attached hydrogen (secondary N) is 1. The minimum absolute atomic E-state index is 0. The Morgan fingerprint density at radius 1 is 1.30 bits per heavy atom. The number of amides is 1. The van der Waals surface area contributed by atoms with Crippen molar-refractivity contribution >= 4 is 29.2 Å². The van der Waals surface area contributed by atoms with Crippen molar-refractivity contribution in [2.75, 3.05) is 20.1 Å². The maximum Gasteiger partial charge on any atom is 0.261 e. The SMILES string of the molecule is Cc1c(C(=O)N(C)CC(C)(C)CN)c(=O)[nH]c2ccccc12.Cl. The van der Waals surface area contributed by atoms with Crippen molar-refractivity contribution in [1.29, 1.82) is 0 Å². The minimum atomic E-state index is -0.349. The lowest BCUT2D eigenvalue weighted by Crippen LogP contribution is -2.41.